The van der Waals surface area contributed by atoms with Gasteiger partial charge < -0.3 is 19.4 Å². The van der Waals surface area contributed by atoms with Gasteiger partial charge in [0.2, 0.25) is 5.91 Å². The summed E-state index contributed by atoms with van der Waals surface area (Å²) < 4.78 is 5.35. The highest BCUT2D eigenvalue weighted by atomic mass is 16.5. The molecule has 0 aliphatic carbocycles. The molecule has 0 unspecified atom stereocenters. The van der Waals surface area contributed by atoms with Crippen LogP contribution < -0.4 is 0 Å². The zero-order valence-corrected chi connectivity index (χ0v) is 16.5. The Bertz CT molecular complexity index is 682. The van der Waals surface area contributed by atoms with Crippen molar-refractivity contribution in [2.45, 2.75) is 32.1 Å². The van der Waals surface area contributed by atoms with Crippen LogP contribution in [0.4, 0.5) is 4.79 Å². The van der Waals surface area contributed by atoms with Crippen LogP contribution in [0, 0.1) is 5.41 Å². The molecular weight excluding hydrogens is 356 g/mol. The molecule has 0 bridgehead atoms. The molecule has 0 aromatic carbocycles. The van der Waals surface area contributed by atoms with Crippen LogP contribution in [0.1, 0.15) is 31.4 Å². The maximum absolute atomic E-state index is 12.7. The number of likely N-dealkylation sites (tertiary alicyclic amines) is 2. The Hall–Kier alpha value is -2.15. The fraction of sp³-hybridized carbons (Fsp3) is 0.667. The number of carbonyl (C=O) groups is 2. The van der Waals surface area contributed by atoms with Crippen molar-refractivity contribution in [3.8, 4) is 0 Å². The summed E-state index contributed by atoms with van der Waals surface area (Å²) in [4.78, 5) is 35.5. The van der Waals surface area contributed by atoms with Crippen LogP contribution in [0.3, 0.4) is 0 Å². The van der Waals surface area contributed by atoms with Crippen LogP contribution in [0.15, 0.2) is 24.4 Å². The van der Waals surface area contributed by atoms with Gasteiger partial charge in [-0.15, -0.1) is 0 Å². The molecule has 3 aliphatic rings. The second-order valence-corrected chi connectivity index (χ2v) is 8.26. The van der Waals surface area contributed by atoms with Gasteiger partial charge in [-0.2, -0.15) is 0 Å². The molecule has 1 aromatic rings. The number of pyridine rings is 1. The highest BCUT2D eigenvalue weighted by Gasteiger charge is 2.42. The van der Waals surface area contributed by atoms with Crippen molar-refractivity contribution in [1.29, 1.82) is 0 Å². The van der Waals surface area contributed by atoms with E-state index in [1.54, 1.807) is 6.20 Å². The van der Waals surface area contributed by atoms with Gasteiger partial charge in [-0.3, -0.25) is 9.78 Å². The number of nitrogens with zero attached hydrogens (tertiary/aromatic N) is 4. The van der Waals surface area contributed by atoms with Crippen molar-refractivity contribution in [2.75, 3.05) is 52.5 Å². The Morgan fingerprint density at radius 2 is 1.82 bits per heavy atom. The molecule has 3 saturated heterocycles. The first-order valence-corrected chi connectivity index (χ1v) is 10.4. The Kier molecular flexibility index (Phi) is 5.80. The molecule has 3 fully saturated rings. The minimum absolute atomic E-state index is 0.150. The lowest BCUT2D eigenvalue weighted by Crippen LogP contribution is -2.55. The van der Waals surface area contributed by atoms with E-state index >= 15 is 0 Å². The standard InChI is InChI=1S/C21H30N4O3/c26-19-4-6-21(17-25(19)10-5-18-3-1-2-9-22-18)7-11-23(12-8-21)20(27)24-13-15-28-16-14-24/h1-3,9H,4-8,10-17H2. The molecule has 4 heterocycles. The number of amides is 3. The van der Waals surface area contributed by atoms with Gasteiger partial charge in [0.05, 0.1) is 13.2 Å². The molecule has 152 valence electrons. The van der Waals surface area contributed by atoms with Crippen molar-refractivity contribution in [3.05, 3.63) is 30.1 Å². The van der Waals surface area contributed by atoms with Gasteiger partial charge in [-0.25, -0.2) is 4.79 Å². The molecule has 0 radical (unpaired) electrons. The molecule has 1 aromatic heterocycles. The van der Waals surface area contributed by atoms with Crippen LogP contribution in [0.2, 0.25) is 0 Å². The third-order valence-corrected chi connectivity index (χ3v) is 6.49. The minimum atomic E-state index is 0.150. The number of ether oxygens (including phenoxy) is 1. The molecule has 0 atom stereocenters. The minimum Gasteiger partial charge on any atom is -0.378 e. The average molecular weight is 386 g/mol. The van der Waals surface area contributed by atoms with Gasteiger partial charge in [0.15, 0.2) is 0 Å². The van der Waals surface area contributed by atoms with Gasteiger partial charge in [-0.05, 0) is 36.8 Å². The Morgan fingerprint density at radius 3 is 2.54 bits per heavy atom. The number of urea groups is 1. The van der Waals surface area contributed by atoms with E-state index in [9.17, 15) is 9.59 Å². The molecule has 1 spiro atoms. The quantitative estimate of drug-likeness (QED) is 0.794. The van der Waals surface area contributed by atoms with Crippen LogP contribution in [-0.4, -0.2) is 84.1 Å². The SMILES string of the molecule is O=C1CCC2(CCN(C(=O)N3CCOCC3)CC2)CN1CCc1ccccn1. The Morgan fingerprint density at radius 1 is 1.07 bits per heavy atom. The van der Waals surface area contributed by atoms with Gasteiger partial charge in [0, 0.05) is 64.0 Å². The lowest BCUT2D eigenvalue weighted by atomic mass is 9.72. The molecule has 3 aliphatic heterocycles. The van der Waals surface area contributed by atoms with E-state index in [1.165, 1.54) is 0 Å². The first-order valence-electron chi connectivity index (χ1n) is 10.4. The number of hydrogen-bond acceptors (Lipinski definition) is 4. The lowest BCUT2D eigenvalue weighted by molar-refractivity contribution is -0.138. The van der Waals surface area contributed by atoms with Crippen LogP contribution >= 0.6 is 0 Å². The number of morpholine rings is 1. The molecule has 7 nitrogen and oxygen atoms in total. The summed E-state index contributed by atoms with van der Waals surface area (Å²) in [7, 11) is 0. The van der Waals surface area contributed by atoms with Crippen molar-refractivity contribution < 1.29 is 14.3 Å². The number of hydrogen-bond donors (Lipinski definition) is 0. The summed E-state index contributed by atoms with van der Waals surface area (Å²) in [6.45, 7) is 5.78. The van der Waals surface area contributed by atoms with Gasteiger partial charge in [0.1, 0.15) is 0 Å². The van der Waals surface area contributed by atoms with E-state index in [1.807, 2.05) is 32.9 Å². The Labute approximate surface area is 166 Å². The van der Waals surface area contributed by atoms with Crippen LogP contribution in [0.5, 0.6) is 0 Å². The van der Waals surface area contributed by atoms with Crippen molar-refractivity contribution in [1.82, 2.24) is 19.7 Å². The molecule has 28 heavy (non-hydrogen) atoms. The topological polar surface area (TPSA) is 66.0 Å². The monoisotopic (exact) mass is 386 g/mol. The van der Waals surface area contributed by atoms with Crippen molar-refractivity contribution >= 4 is 11.9 Å². The summed E-state index contributed by atoms with van der Waals surface area (Å²) in [6, 6.07) is 6.07. The molecular formula is C21H30N4O3. The summed E-state index contributed by atoms with van der Waals surface area (Å²) in [5.41, 5.74) is 1.20. The number of aromatic nitrogens is 1. The van der Waals surface area contributed by atoms with Crippen molar-refractivity contribution in [2.24, 2.45) is 5.41 Å². The summed E-state index contributed by atoms with van der Waals surface area (Å²) >= 11 is 0. The predicted octanol–water partition coefficient (Wildman–Crippen LogP) is 1.78. The third-order valence-electron chi connectivity index (χ3n) is 6.49. The van der Waals surface area contributed by atoms with E-state index in [0.29, 0.717) is 32.7 Å². The van der Waals surface area contributed by atoms with E-state index in [4.69, 9.17) is 4.74 Å². The summed E-state index contributed by atoms with van der Waals surface area (Å²) in [5.74, 6) is 0.258. The maximum Gasteiger partial charge on any atom is 0.320 e. The molecule has 7 heteroatoms. The second-order valence-electron chi connectivity index (χ2n) is 8.26. The second kappa shape index (κ2) is 8.47. The van der Waals surface area contributed by atoms with Crippen LogP contribution in [0.25, 0.3) is 0 Å². The van der Waals surface area contributed by atoms with Gasteiger partial charge in [-0.1, -0.05) is 6.07 Å². The summed E-state index contributed by atoms with van der Waals surface area (Å²) in [6.07, 6.45) is 6.14. The highest BCUT2D eigenvalue weighted by Crippen LogP contribution is 2.40. The highest BCUT2D eigenvalue weighted by molar-refractivity contribution is 5.77. The average Bonchev–Trinajstić information content (AvgIpc) is 2.76. The fourth-order valence-electron chi connectivity index (χ4n) is 4.64. The zero-order valence-electron chi connectivity index (χ0n) is 16.5. The van der Waals surface area contributed by atoms with E-state index in [-0.39, 0.29) is 17.4 Å². The predicted molar refractivity (Wildman–Crippen MR) is 105 cm³/mol. The third kappa shape index (κ3) is 4.29. The van der Waals surface area contributed by atoms with Crippen molar-refractivity contribution in [3.63, 3.8) is 0 Å². The molecule has 0 N–H and O–H groups in total. The molecule has 0 saturated carbocycles. The Balaban J connectivity index is 1.31. The largest absolute Gasteiger partial charge is 0.378 e. The summed E-state index contributed by atoms with van der Waals surface area (Å²) in [5, 5.41) is 0. The zero-order chi connectivity index (χ0) is 19.4. The molecule has 4 rings (SSSR count). The number of rotatable bonds is 3. The number of carbonyl (C=O) groups excluding carboxylic acids is 2. The van der Waals surface area contributed by atoms with E-state index < -0.39 is 0 Å². The van der Waals surface area contributed by atoms with Gasteiger partial charge >= 0.3 is 6.03 Å². The van der Waals surface area contributed by atoms with Crippen LogP contribution in [-0.2, 0) is 16.0 Å². The maximum atomic E-state index is 12.7. The van der Waals surface area contributed by atoms with Gasteiger partial charge in [0.25, 0.3) is 0 Å². The van der Waals surface area contributed by atoms with E-state index in [0.717, 1.165) is 57.6 Å². The fourth-order valence-corrected chi connectivity index (χ4v) is 4.64. The number of piperidine rings is 2. The first-order chi connectivity index (χ1) is 13.7. The smallest absolute Gasteiger partial charge is 0.320 e. The lowest BCUT2D eigenvalue weighted by Gasteiger charge is -2.48. The normalized spacial score (nSPS) is 22.6. The molecule has 3 amide bonds. The van der Waals surface area contributed by atoms with E-state index in [2.05, 4.69) is 4.98 Å². The first kappa shape index (κ1) is 19.2.